The molecule has 2 fully saturated rings. The molecular weight excluding hydrogens is 499 g/mol. The highest BCUT2D eigenvalue weighted by molar-refractivity contribution is 7.89. The third-order valence-electron chi connectivity index (χ3n) is 7.00. The lowest BCUT2D eigenvalue weighted by molar-refractivity contribution is -0.127. The van der Waals surface area contributed by atoms with Gasteiger partial charge in [0.05, 0.1) is 13.2 Å². The van der Waals surface area contributed by atoms with Gasteiger partial charge >= 0.3 is 0 Å². The van der Waals surface area contributed by atoms with Gasteiger partial charge in [-0.3, -0.25) is 9.69 Å². The Balaban J connectivity index is 1.38. The van der Waals surface area contributed by atoms with Crippen LogP contribution in [-0.2, 0) is 19.6 Å². The smallest absolute Gasteiger partial charge is 0.248 e. The predicted molar refractivity (Wildman–Crippen MR) is 138 cm³/mol. The van der Waals surface area contributed by atoms with Gasteiger partial charge in [-0.15, -0.1) is 0 Å². The van der Waals surface area contributed by atoms with Crippen LogP contribution in [-0.4, -0.2) is 80.7 Å². The zero-order valence-electron chi connectivity index (χ0n) is 21.4. The number of nitrogens with one attached hydrogen (secondary N) is 1. The van der Waals surface area contributed by atoms with E-state index in [0.29, 0.717) is 31.6 Å². The average Bonchev–Trinajstić information content (AvgIpc) is 3.29. The molecule has 0 spiro atoms. The first-order valence-corrected chi connectivity index (χ1v) is 14.2. The molecule has 0 bridgehead atoms. The molecule has 1 amide bonds. The highest BCUT2D eigenvalue weighted by Crippen LogP contribution is 2.29. The number of halogens is 1. The number of hydrogen-bond acceptors (Lipinski definition) is 7. The van der Waals surface area contributed by atoms with Crippen molar-refractivity contribution in [1.82, 2.24) is 19.7 Å². The quantitative estimate of drug-likeness (QED) is 0.527. The van der Waals surface area contributed by atoms with Crippen molar-refractivity contribution in [3.8, 4) is 0 Å². The lowest BCUT2D eigenvalue weighted by Crippen LogP contribution is -2.50. The predicted octanol–water partition coefficient (Wildman–Crippen LogP) is 2.92. The SMILES string of the molecule is CCC(CN1CCOCC1)NC(=O)C1CCN(S(=O)(=O)c2c(C)noc2C=Cc2ccccc2F)CC1. The number of nitrogens with zero attached hydrogens (tertiary/aromatic N) is 3. The molecule has 9 nitrogen and oxygen atoms in total. The van der Waals surface area contributed by atoms with Gasteiger partial charge in [0.15, 0.2) is 10.7 Å². The summed E-state index contributed by atoms with van der Waals surface area (Å²) in [5.74, 6) is -0.634. The molecular formula is C26H35FN4O5S. The Labute approximate surface area is 217 Å². The Kier molecular flexibility index (Phi) is 9.12. The summed E-state index contributed by atoms with van der Waals surface area (Å²) in [5.41, 5.74) is 0.549. The van der Waals surface area contributed by atoms with E-state index in [4.69, 9.17) is 9.26 Å². The lowest BCUT2D eigenvalue weighted by Gasteiger charge is -2.33. The molecule has 1 aromatic carbocycles. The van der Waals surface area contributed by atoms with Crippen LogP contribution in [0.1, 0.15) is 43.2 Å². The van der Waals surface area contributed by atoms with Crippen LogP contribution in [0.15, 0.2) is 33.7 Å². The van der Waals surface area contributed by atoms with Crippen molar-refractivity contribution < 1.29 is 26.9 Å². The molecule has 0 saturated carbocycles. The third kappa shape index (κ3) is 6.64. The van der Waals surface area contributed by atoms with E-state index >= 15 is 0 Å². The minimum Gasteiger partial charge on any atom is -0.379 e. The number of morpholine rings is 1. The van der Waals surface area contributed by atoms with Crippen molar-refractivity contribution in [2.75, 3.05) is 45.9 Å². The molecule has 2 saturated heterocycles. The first kappa shape index (κ1) is 27.4. The minimum absolute atomic E-state index is 0.0215. The van der Waals surface area contributed by atoms with Crippen molar-refractivity contribution in [3.63, 3.8) is 0 Å². The van der Waals surface area contributed by atoms with Crippen LogP contribution >= 0.6 is 0 Å². The fraction of sp³-hybridized carbons (Fsp3) is 0.538. The average molecular weight is 535 g/mol. The normalized spacial score (nSPS) is 19.3. The molecule has 1 N–H and O–H groups in total. The maximum atomic E-state index is 14.0. The van der Waals surface area contributed by atoms with Gasteiger partial charge in [0.25, 0.3) is 0 Å². The molecule has 11 heteroatoms. The Morgan fingerprint density at radius 2 is 1.89 bits per heavy atom. The molecule has 2 aliphatic rings. The van der Waals surface area contributed by atoms with Crippen LogP contribution < -0.4 is 5.32 Å². The first-order chi connectivity index (χ1) is 17.8. The zero-order valence-corrected chi connectivity index (χ0v) is 22.2. The Morgan fingerprint density at radius 1 is 1.19 bits per heavy atom. The number of rotatable bonds is 9. The second-order valence-electron chi connectivity index (χ2n) is 9.52. The second-order valence-corrected chi connectivity index (χ2v) is 11.4. The summed E-state index contributed by atoms with van der Waals surface area (Å²) in [6.07, 6.45) is 4.58. The van der Waals surface area contributed by atoms with E-state index in [1.165, 1.54) is 22.5 Å². The van der Waals surface area contributed by atoms with E-state index in [1.807, 2.05) is 0 Å². The summed E-state index contributed by atoms with van der Waals surface area (Å²) >= 11 is 0. The van der Waals surface area contributed by atoms with Crippen molar-refractivity contribution in [2.24, 2.45) is 5.92 Å². The highest BCUT2D eigenvalue weighted by Gasteiger charge is 2.36. The van der Waals surface area contributed by atoms with E-state index in [-0.39, 0.29) is 47.3 Å². The van der Waals surface area contributed by atoms with E-state index < -0.39 is 15.8 Å². The van der Waals surface area contributed by atoms with Crippen molar-refractivity contribution in [1.29, 1.82) is 0 Å². The van der Waals surface area contributed by atoms with Crippen LogP contribution in [0.25, 0.3) is 12.2 Å². The van der Waals surface area contributed by atoms with Crippen LogP contribution in [0.3, 0.4) is 0 Å². The summed E-state index contributed by atoms with van der Waals surface area (Å²) < 4.78 is 53.0. The number of sulfonamides is 1. The number of aromatic nitrogens is 1. The molecule has 2 aromatic rings. The van der Waals surface area contributed by atoms with E-state index in [1.54, 1.807) is 25.1 Å². The van der Waals surface area contributed by atoms with Crippen molar-refractivity contribution in [3.05, 3.63) is 47.1 Å². The molecule has 3 heterocycles. The number of hydrogen-bond donors (Lipinski definition) is 1. The van der Waals surface area contributed by atoms with E-state index in [9.17, 15) is 17.6 Å². The summed E-state index contributed by atoms with van der Waals surface area (Å²) in [6, 6.07) is 6.24. The van der Waals surface area contributed by atoms with Crippen molar-refractivity contribution in [2.45, 2.75) is 44.0 Å². The molecule has 1 aromatic heterocycles. The fourth-order valence-corrected chi connectivity index (χ4v) is 6.47. The molecule has 0 radical (unpaired) electrons. The number of piperidine rings is 1. The van der Waals surface area contributed by atoms with Gasteiger partial charge in [-0.25, -0.2) is 12.8 Å². The van der Waals surface area contributed by atoms with Gasteiger partial charge < -0.3 is 14.6 Å². The first-order valence-electron chi connectivity index (χ1n) is 12.8. The highest BCUT2D eigenvalue weighted by atomic mass is 32.2. The summed E-state index contributed by atoms with van der Waals surface area (Å²) in [4.78, 5) is 15.2. The lowest BCUT2D eigenvalue weighted by atomic mass is 9.96. The second kappa shape index (κ2) is 12.3. The third-order valence-corrected chi connectivity index (χ3v) is 9.05. The fourth-order valence-electron chi connectivity index (χ4n) is 4.75. The zero-order chi connectivity index (χ0) is 26.4. The monoisotopic (exact) mass is 534 g/mol. The summed E-state index contributed by atoms with van der Waals surface area (Å²) in [5, 5.41) is 7.01. The van der Waals surface area contributed by atoms with Gasteiger partial charge in [-0.2, -0.15) is 4.31 Å². The number of carbonyl (C=O) groups excluding carboxylic acids is 1. The van der Waals surface area contributed by atoms with Crippen LogP contribution in [0.2, 0.25) is 0 Å². The van der Waals surface area contributed by atoms with Crippen LogP contribution in [0, 0.1) is 18.7 Å². The molecule has 2 aliphatic heterocycles. The van der Waals surface area contributed by atoms with E-state index in [2.05, 4.69) is 22.3 Å². The summed E-state index contributed by atoms with van der Waals surface area (Å²) in [6.45, 7) is 8.01. The topological polar surface area (TPSA) is 105 Å². The molecule has 37 heavy (non-hydrogen) atoms. The molecule has 1 unspecified atom stereocenters. The summed E-state index contributed by atoms with van der Waals surface area (Å²) in [7, 11) is -3.91. The molecule has 1 atom stereocenters. The Hall–Kier alpha value is -2.60. The standard InChI is InChI=1S/C26H35FN4O5S/c1-3-22(18-30-14-16-35-17-15-30)28-26(32)21-10-12-31(13-11-21)37(33,34)25-19(2)29-36-24(25)9-8-20-6-4-5-7-23(20)27/h4-9,21-22H,3,10-18H2,1-2H3,(H,28,32). The van der Waals surface area contributed by atoms with Gasteiger partial charge in [0.1, 0.15) is 11.5 Å². The molecule has 0 aliphatic carbocycles. The van der Waals surface area contributed by atoms with Gasteiger partial charge in [-0.05, 0) is 44.4 Å². The number of aryl methyl sites for hydroxylation is 1. The number of benzene rings is 1. The molecule has 4 rings (SSSR count). The minimum atomic E-state index is -3.91. The number of carbonyl (C=O) groups is 1. The van der Waals surface area contributed by atoms with Gasteiger partial charge in [0, 0.05) is 50.2 Å². The van der Waals surface area contributed by atoms with E-state index in [0.717, 1.165) is 26.1 Å². The maximum absolute atomic E-state index is 14.0. The van der Waals surface area contributed by atoms with Gasteiger partial charge in [-0.1, -0.05) is 30.3 Å². The van der Waals surface area contributed by atoms with Crippen molar-refractivity contribution >= 4 is 28.1 Å². The Bertz CT molecular complexity index is 1200. The largest absolute Gasteiger partial charge is 0.379 e. The number of ether oxygens (including phenoxy) is 1. The van der Waals surface area contributed by atoms with Crippen LogP contribution in [0.5, 0.6) is 0 Å². The Morgan fingerprint density at radius 3 is 2.57 bits per heavy atom. The van der Waals surface area contributed by atoms with Gasteiger partial charge in [0.2, 0.25) is 15.9 Å². The molecule has 202 valence electrons. The van der Waals surface area contributed by atoms with Crippen LogP contribution in [0.4, 0.5) is 4.39 Å². The number of amides is 1. The maximum Gasteiger partial charge on any atom is 0.248 e.